The van der Waals surface area contributed by atoms with Gasteiger partial charge in [-0.2, -0.15) is 0 Å². The fourth-order valence-corrected chi connectivity index (χ4v) is 6.18. The second-order valence-corrected chi connectivity index (χ2v) is 10.3. The molecule has 1 N–H and O–H groups in total. The summed E-state index contributed by atoms with van der Waals surface area (Å²) < 4.78 is 17.3. The molecule has 5 aromatic rings. The van der Waals surface area contributed by atoms with Gasteiger partial charge in [0, 0.05) is 21.9 Å². The Labute approximate surface area is 237 Å². The minimum atomic E-state index is -0.531. The van der Waals surface area contributed by atoms with E-state index < -0.39 is 11.9 Å². The molecule has 0 spiro atoms. The number of hydrogen-bond acceptors (Lipinski definition) is 9. The standard InChI is InChI=1S/C29H25N3O6S2/c1-4-38-29(35)25-19(17-8-6-5-7-9-17)14-40-27(25)31-23(33)13-32-16-30-26-24(28(32)34)20(15-39-26)18-10-11-21(36-2)22(12-18)37-3/h5-12,14-16H,4,13H2,1-3H3,(H,31,33). The Bertz CT molecular complexity index is 1760. The number of esters is 1. The number of fused-ring (bicyclic) bond motifs is 1. The summed E-state index contributed by atoms with van der Waals surface area (Å²) in [5.74, 6) is 0.101. The van der Waals surface area contributed by atoms with Crippen molar-refractivity contribution in [3.8, 4) is 33.8 Å². The number of rotatable bonds is 9. The van der Waals surface area contributed by atoms with Crippen molar-refractivity contribution in [1.29, 1.82) is 0 Å². The first-order valence-corrected chi connectivity index (χ1v) is 14.0. The van der Waals surface area contributed by atoms with Gasteiger partial charge in [-0.15, -0.1) is 22.7 Å². The van der Waals surface area contributed by atoms with Gasteiger partial charge in [-0.3, -0.25) is 14.2 Å². The van der Waals surface area contributed by atoms with Crippen molar-refractivity contribution in [2.75, 3.05) is 26.1 Å². The van der Waals surface area contributed by atoms with Gasteiger partial charge < -0.3 is 19.5 Å². The number of carbonyl (C=O) groups is 2. The summed E-state index contributed by atoms with van der Waals surface area (Å²) in [6.45, 7) is 1.63. The van der Waals surface area contributed by atoms with Crippen LogP contribution in [0.2, 0.25) is 0 Å². The molecule has 3 heterocycles. The SMILES string of the molecule is CCOC(=O)c1c(-c2ccccc2)csc1NC(=O)Cn1cnc2scc(-c3ccc(OC)c(OC)c3)c2c1=O. The van der Waals surface area contributed by atoms with Gasteiger partial charge in [-0.1, -0.05) is 36.4 Å². The second kappa shape index (κ2) is 11.7. The predicted molar refractivity (Wildman–Crippen MR) is 157 cm³/mol. The Morgan fingerprint density at radius 1 is 0.950 bits per heavy atom. The molecule has 0 aliphatic carbocycles. The number of benzene rings is 2. The maximum absolute atomic E-state index is 13.5. The average Bonchev–Trinajstić information content (AvgIpc) is 3.60. The first kappa shape index (κ1) is 27.1. The van der Waals surface area contributed by atoms with E-state index >= 15 is 0 Å². The van der Waals surface area contributed by atoms with Crippen molar-refractivity contribution >= 4 is 49.8 Å². The molecule has 0 saturated heterocycles. The predicted octanol–water partition coefficient (Wildman–Crippen LogP) is 5.69. The van der Waals surface area contributed by atoms with Crippen LogP contribution in [0.15, 0.2) is 70.4 Å². The zero-order chi connectivity index (χ0) is 28.2. The number of thiophene rings is 2. The van der Waals surface area contributed by atoms with E-state index in [-0.39, 0.29) is 24.3 Å². The van der Waals surface area contributed by atoms with E-state index in [2.05, 4.69) is 10.3 Å². The highest BCUT2D eigenvalue weighted by Crippen LogP contribution is 2.37. The number of aromatic nitrogens is 2. The van der Waals surface area contributed by atoms with Gasteiger partial charge >= 0.3 is 5.97 Å². The van der Waals surface area contributed by atoms with Crippen molar-refractivity contribution in [1.82, 2.24) is 9.55 Å². The van der Waals surface area contributed by atoms with E-state index in [0.717, 1.165) is 11.1 Å². The average molecular weight is 576 g/mol. The zero-order valence-electron chi connectivity index (χ0n) is 21.9. The number of ether oxygens (including phenoxy) is 3. The molecule has 40 heavy (non-hydrogen) atoms. The van der Waals surface area contributed by atoms with Crippen LogP contribution in [0.3, 0.4) is 0 Å². The van der Waals surface area contributed by atoms with Crippen molar-refractivity contribution in [3.63, 3.8) is 0 Å². The first-order chi connectivity index (χ1) is 19.4. The number of hydrogen-bond donors (Lipinski definition) is 1. The van der Waals surface area contributed by atoms with Crippen molar-refractivity contribution < 1.29 is 23.8 Å². The monoisotopic (exact) mass is 575 g/mol. The van der Waals surface area contributed by atoms with Crippen molar-refractivity contribution in [2.45, 2.75) is 13.5 Å². The van der Waals surface area contributed by atoms with Gasteiger partial charge in [0.1, 0.15) is 21.9 Å². The Hall–Kier alpha value is -4.48. The minimum Gasteiger partial charge on any atom is -0.493 e. The van der Waals surface area contributed by atoms with Gasteiger partial charge in [0.15, 0.2) is 11.5 Å². The molecule has 5 rings (SSSR count). The largest absolute Gasteiger partial charge is 0.493 e. The third kappa shape index (κ3) is 5.21. The molecule has 0 fully saturated rings. The van der Waals surface area contributed by atoms with Crippen LogP contribution in [0, 0.1) is 0 Å². The van der Waals surface area contributed by atoms with Gasteiger partial charge in [-0.05, 0) is 30.2 Å². The van der Waals surface area contributed by atoms with Crippen LogP contribution >= 0.6 is 22.7 Å². The normalized spacial score (nSPS) is 10.9. The summed E-state index contributed by atoms with van der Waals surface area (Å²) in [6, 6.07) is 14.8. The molecule has 9 nitrogen and oxygen atoms in total. The van der Waals surface area contributed by atoms with Crippen molar-refractivity contribution in [2.24, 2.45) is 0 Å². The van der Waals surface area contributed by atoms with Gasteiger partial charge in [0.2, 0.25) is 5.91 Å². The summed E-state index contributed by atoms with van der Waals surface area (Å²) in [5.41, 5.74) is 2.86. The summed E-state index contributed by atoms with van der Waals surface area (Å²) >= 11 is 2.56. The van der Waals surface area contributed by atoms with Gasteiger partial charge in [0.25, 0.3) is 5.56 Å². The molecule has 0 aliphatic rings. The molecule has 0 saturated carbocycles. The Morgan fingerprint density at radius 2 is 1.70 bits per heavy atom. The zero-order valence-corrected chi connectivity index (χ0v) is 23.6. The fourth-order valence-electron chi connectivity index (χ4n) is 4.30. The highest BCUT2D eigenvalue weighted by Gasteiger charge is 2.23. The van der Waals surface area contributed by atoms with Crippen LogP contribution in [0.4, 0.5) is 5.00 Å². The summed E-state index contributed by atoms with van der Waals surface area (Å²) in [7, 11) is 3.10. The minimum absolute atomic E-state index is 0.195. The summed E-state index contributed by atoms with van der Waals surface area (Å²) in [6.07, 6.45) is 1.36. The number of nitrogens with zero attached hydrogens (tertiary/aromatic N) is 2. The van der Waals surface area contributed by atoms with Crippen LogP contribution in [-0.2, 0) is 16.1 Å². The molecular weight excluding hydrogens is 550 g/mol. The lowest BCUT2D eigenvalue weighted by molar-refractivity contribution is -0.116. The molecule has 1 amide bonds. The van der Waals surface area contributed by atoms with E-state index in [1.54, 1.807) is 38.7 Å². The van der Waals surface area contributed by atoms with E-state index in [0.29, 0.717) is 37.8 Å². The number of amides is 1. The first-order valence-electron chi connectivity index (χ1n) is 12.3. The number of nitrogens with one attached hydrogen (secondary N) is 1. The van der Waals surface area contributed by atoms with Crippen LogP contribution < -0.4 is 20.3 Å². The lowest BCUT2D eigenvalue weighted by atomic mass is 10.0. The Balaban J connectivity index is 1.45. The van der Waals surface area contributed by atoms with E-state index in [9.17, 15) is 14.4 Å². The second-order valence-electron chi connectivity index (χ2n) is 8.57. The Kier molecular flexibility index (Phi) is 7.94. The number of carbonyl (C=O) groups excluding carboxylic acids is 2. The highest BCUT2D eigenvalue weighted by molar-refractivity contribution is 7.17. The quantitative estimate of drug-likeness (QED) is 0.225. The molecule has 3 aromatic heterocycles. The molecule has 11 heteroatoms. The van der Waals surface area contributed by atoms with Crippen LogP contribution in [0.1, 0.15) is 17.3 Å². The number of methoxy groups -OCH3 is 2. The lowest BCUT2D eigenvalue weighted by Crippen LogP contribution is -2.28. The van der Waals surface area contributed by atoms with Crippen LogP contribution in [0.5, 0.6) is 11.5 Å². The van der Waals surface area contributed by atoms with Crippen molar-refractivity contribution in [3.05, 3.63) is 81.5 Å². The van der Waals surface area contributed by atoms with E-state index in [1.165, 1.54) is 33.6 Å². The lowest BCUT2D eigenvalue weighted by Gasteiger charge is -2.10. The molecule has 0 aliphatic heterocycles. The topological polar surface area (TPSA) is 109 Å². The third-order valence-corrected chi connectivity index (χ3v) is 7.96. The number of anilines is 1. The highest BCUT2D eigenvalue weighted by atomic mass is 32.1. The molecule has 2 aromatic carbocycles. The maximum atomic E-state index is 13.5. The van der Waals surface area contributed by atoms with Crippen LogP contribution in [0.25, 0.3) is 32.5 Å². The van der Waals surface area contributed by atoms with E-state index in [4.69, 9.17) is 14.2 Å². The third-order valence-electron chi connectivity index (χ3n) is 6.18. The summed E-state index contributed by atoms with van der Waals surface area (Å²) in [4.78, 5) is 44.5. The smallest absolute Gasteiger partial charge is 0.341 e. The van der Waals surface area contributed by atoms with Crippen LogP contribution in [-0.4, -0.2) is 42.3 Å². The molecule has 0 unspecified atom stereocenters. The molecular formula is C29H25N3O6S2. The summed E-state index contributed by atoms with van der Waals surface area (Å²) in [5, 5.41) is 7.21. The molecule has 0 bridgehead atoms. The van der Waals surface area contributed by atoms with E-state index in [1.807, 2.05) is 41.8 Å². The maximum Gasteiger partial charge on any atom is 0.341 e. The van der Waals surface area contributed by atoms with Gasteiger partial charge in [-0.25, -0.2) is 9.78 Å². The van der Waals surface area contributed by atoms with Gasteiger partial charge in [0.05, 0.1) is 32.5 Å². The Morgan fingerprint density at radius 3 is 2.42 bits per heavy atom. The molecule has 204 valence electrons. The molecule has 0 radical (unpaired) electrons. The molecule has 0 atom stereocenters. The fraction of sp³-hybridized carbons (Fsp3) is 0.172.